The van der Waals surface area contributed by atoms with Crippen LogP contribution in [0.15, 0.2) is 18.2 Å². The molecule has 3 heteroatoms. The SMILES string of the molecule is COc1ccc(O)c(CNCC2CC2(C)C)c1. The molecule has 2 N–H and O–H groups in total. The van der Waals surface area contributed by atoms with Gasteiger partial charge in [-0.15, -0.1) is 0 Å². The molecule has 0 bridgehead atoms. The number of phenols is 1. The van der Waals surface area contributed by atoms with E-state index in [0.717, 1.165) is 23.8 Å². The van der Waals surface area contributed by atoms with E-state index >= 15 is 0 Å². The van der Waals surface area contributed by atoms with Gasteiger partial charge in [0, 0.05) is 12.1 Å². The summed E-state index contributed by atoms with van der Waals surface area (Å²) in [5.41, 5.74) is 1.39. The summed E-state index contributed by atoms with van der Waals surface area (Å²) >= 11 is 0. The maximum absolute atomic E-state index is 9.72. The lowest BCUT2D eigenvalue weighted by Crippen LogP contribution is -2.18. The second kappa shape index (κ2) is 4.57. The molecule has 1 aromatic carbocycles. The summed E-state index contributed by atoms with van der Waals surface area (Å²) < 4.78 is 5.14. The zero-order chi connectivity index (χ0) is 12.5. The standard InChI is InChI=1S/C14H21NO2/c1-14(2)7-11(14)9-15-8-10-6-12(17-3)4-5-13(10)16/h4-6,11,15-16H,7-9H2,1-3H3. The van der Waals surface area contributed by atoms with E-state index in [1.807, 2.05) is 6.07 Å². The number of aromatic hydroxyl groups is 1. The number of phenolic OH excluding ortho intramolecular Hbond substituents is 1. The lowest BCUT2D eigenvalue weighted by Gasteiger charge is -2.09. The van der Waals surface area contributed by atoms with Crippen molar-refractivity contribution in [1.29, 1.82) is 0 Å². The van der Waals surface area contributed by atoms with Crippen LogP contribution in [-0.4, -0.2) is 18.8 Å². The van der Waals surface area contributed by atoms with E-state index in [4.69, 9.17) is 4.74 Å². The van der Waals surface area contributed by atoms with Gasteiger partial charge in [-0.25, -0.2) is 0 Å². The van der Waals surface area contributed by atoms with Crippen LogP contribution in [0.2, 0.25) is 0 Å². The van der Waals surface area contributed by atoms with Gasteiger partial charge < -0.3 is 15.2 Å². The predicted octanol–water partition coefficient (Wildman–Crippen LogP) is 2.54. The Morgan fingerprint density at radius 3 is 2.76 bits per heavy atom. The normalized spacial score (nSPS) is 21.2. The Balaban J connectivity index is 1.86. The van der Waals surface area contributed by atoms with Crippen molar-refractivity contribution in [3.05, 3.63) is 23.8 Å². The number of benzene rings is 1. The third-order valence-corrected chi connectivity index (χ3v) is 3.71. The molecule has 1 aromatic rings. The van der Waals surface area contributed by atoms with Crippen LogP contribution in [0.4, 0.5) is 0 Å². The maximum atomic E-state index is 9.72. The van der Waals surface area contributed by atoms with Crippen LogP contribution in [0, 0.1) is 11.3 Å². The number of rotatable bonds is 5. The zero-order valence-corrected chi connectivity index (χ0v) is 10.8. The van der Waals surface area contributed by atoms with Gasteiger partial charge in [0.05, 0.1) is 7.11 Å². The van der Waals surface area contributed by atoms with Crippen LogP contribution in [0.25, 0.3) is 0 Å². The molecular weight excluding hydrogens is 214 g/mol. The lowest BCUT2D eigenvalue weighted by molar-refractivity contribution is 0.409. The molecule has 1 aliphatic rings. The van der Waals surface area contributed by atoms with Gasteiger partial charge >= 0.3 is 0 Å². The lowest BCUT2D eigenvalue weighted by atomic mass is 10.1. The third-order valence-electron chi connectivity index (χ3n) is 3.71. The van der Waals surface area contributed by atoms with E-state index < -0.39 is 0 Å². The summed E-state index contributed by atoms with van der Waals surface area (Å²) in [5.74, 6) is 1.88. The molecule has 0 amide bonds. The minimum atomic E-state index is 0.327. The largest absolute Gasteiger partial charge is 0.508 e. The van der Waals surface area contributed by atoms with Gasteiger partial charge in [0.1, 0.15) is 11.5 Å². The van der Waals surface area contributed by atoms with Gasteiger partial charge in [-0.05, 0) is 42.5 Å². The van der Waals surface area contributed by atoms with Gasteiger partial charge in [-0.2, -0.15) is 0 Å². The highest BCUT2D eigenvalue weighted by Gasteiger charge is 2.44. The van der Waals surface area contributed by atoms with Crippen LogP contribution >= 0.6 is 0 Å². The predicted molar refractivity (Wildman–Crippen MR) is 68.3 cm³/mol. The first-order valence-electron chi connectivity index (χ1n) is 6.09. The molecule has 0 aromatic heterocycles. The molecule has 17 heavy (non-hydrogen) atoms. The topological polar surface area (TPSA) is 41.5 Å². The molecule has 2 rings (SSSR count). The average molecular weight is 235 g/mol. The molecule has 0 saturated heterocycles. The average Bonchev–Trinajstić information content (AvgIpc) is 2.89. The van der Waals surface area contributed by atoms with Crippen LogP contribution in [-0.2, 0) is 6.54 Å². The van der Waals surface area contributed by atoms with Crippen LogP contribution < -0.4 is 10.1 Å². The van der Waals surface area contributed by atoms with Crippen molar-refractivity contribution in [3.63, 3.8) is 0 Å². The number of ether oxygens (including phenoxy) is 1. The monoisotopic (exact) mass is 235 g/mol. The first-order valence-corrected chi connectivity index (χ1v) is 6.09. The quantitative estimate of drug-likeness (QED) is 0.824. The van der Waals surface area contributed by atoms with E-state index in [9.17, 15) is 5.11 Å². The molecule has 0 spiro atoms. The van der Waals surface area contributed by atoms with Crippen molar-refractivity contribution < 1.29 is 9.84 Å². The minimum absolute atomic E-state index is 0.327. The molecule has 3 nitrogen and oxygen atoms in total. The minimum Gasteiger partial charge on any atom is -0.508 e. The summed E-state index contributed by atoms with van der Waals surface area (Å²) in [6, 6.07) is 5.32. The Kier molecular flexibility index (Phi) is 3.29. The molecule has 1 atom stereocenters. The van der Waals surface area contributed by atoms with Gasteiger partial charge in [0.25, 0.3) is 0 Å². The molecule has 1 unspecified atom stereocenters. The molecule has 0 radical (unpaired) electrons. The van der Waals surface area contributed by atoms with Crippen molar-refractivity contribution in [1.82, 2.24) is 5.32 Å². The molecule has 0 aliphatic heterocycles. The molecule has 1 saturated carbocycles. The van der Waals surface area contributed by atoms with E-state index in [1.54, 1.807) is 19.2 Å². The summed E-state index contributed by atoms with van der Waals surface area (Å²) in [7, 11) is 1.64. The smallest absolute Gasteiger partial charge is 0.120 e. The number of hydrogen-bond acceptors (Lipinski definition) is 3. The fourth-order valence-electron chi connectivity index (χ4n) is 2.14. The Morgan fingerprint density at radius 1 is 1.47 bits per heavy atom. The highest BCUT2D eigenvalue weighted by molar-refractivity contribution is 5.39. The van der Waals surface area contributed by atoms with Crippen molar-refractivity contribution in [2.45, 2.75) is 26.8 Å². The van der Waals surface area contributed by atoms with Gasteiger partial charge in [0.15, 0.2) is 0 Å². The summed E-state index contributed by atoms with van der Waals surface area (Å²) in [4.78, 5) is 0. The first-order chi connectivity index (χ1) is 8.03. The number of nitrogens with one attached hydrogen (secondary N) is 1. The number of hydrogen-bond donors (Lipinski definition) is 2. The molecule has 0 heterocycles. The summed E-state index contributed by atoms with van der Waals surface area (Å²) in [5, 5.41) is 13.1. The Bertz CT molecular complexity index is 401. The van der Waals surface area contributed by atoms with Crippen LogP contribution in [0.1, 0.15) is 25.8 Å². The third kappa shape index (κ3) is 2.91. The molecule has 1 aliphatic carbocycles. The van der Waals surface area contributed by atoms with Crippen molar-refractivity contribution in [2.24, 2.45) is 11.3 Å². The van der Waals surface area contributed by atoms with Crippen LogP contribution in [0.5, 0.6) is 11.5 Å². The van der Waals surface area contributed by atoms with Crippen molar-refractivity contribution in [2.75, 3.05) is 13.7 Å². The number of methoxy groups -OCH3 is 1. The van der Waals surface area contributed by atoms with E-state index in [0.29, 0.717) is 17.7 Å². The summed E-state index contributed by atoms with van der Waals surface area (Å²) in [6.07, 6.45) is 1.30. The van der Waals surface area contributed by atoms with Gasteiger partial charge in [0.2, 0.25) is 0 Å². The van der Waals surface area contributed by atoms with Gasteiger partial charge in [-0.1, -0.05) is 13.8 Å². The molecule has 1 fully saturated rings. The fraction of sp³-hybridized carbons (Fsp3) is 0.571. The Labute approximate surface area is 103 Å². The first kappa shape index (κ1) is 12.2. The van der Waals surface area contributed by atoms with E-state index in [1.165, 1.54) is 6.42 Å². The van der Waals surface area contributed by atoms with Gasteiger partial charge in [-0.3, -0.25) is 0 Å². The summed E-state index contributed by atoms with van der Waals surface area (Å²) in [6.45, 7) is 6.30. The maximum Gasteiger partial charge on any atom is 0.120 e. The fourth-order valence-corrected chi connectivity index (χ4v) is 2.14. The Hall–Kier alpha value is -1.22. The second-order valence-electron chi connectivity index (χ2n) is 5.52. The van der Waals surface area contributed by atoms with Crippen molar-refractivity contribution >= 4 is 0 Å². The molecular formula is C14H21NO2. The Morgan fingerprint density at radius 2 is 2.18 bits per heavy atom. The molecule has 94 valence electrons. The van der Waals surface area contributed by atoms with E-state index in [-0.39, 0.29) is 0 Å². The highest BCUT2D eigenvalue weighted by Crippen LogP contribution is 2.51. The van der Waals surface area contributed by atoms with Crippen LogP contribution in [0.3, 0.4) is 0 Å². The zero-order valence-electron chi connectivity index (χ0n) is 10.8. The second-order valence-corrected chi connectivity index (χ2v) is 5.52. The van der Waals surface area contributed by atoms with Crippen molar-refractivity contribution in [3.8, 4) is 11.5 Å². The highest BCUT2D eigenvalue weighted by atomic mass is 16.5. The van der Waals surface area contributed by atoms with E-state index in [2.05, 4.69) is 19.2 Å².